The highest BCUT2D eigenvalue weighted by Crippen LogP contribution is 2.39. The lowest BCUT2D eigenvalue weighted by Gasteiger charge is -2.41. The molecule has 2 aromatic rings. The number of para-hydroxylation sites is 1. The zero-order valence-electron chi connectivity index (χ0n) is 14.0. The van der Waals surface area contributed by atoms with E-state index in [0.29, 0.717) is 12.0 Å². The van der Waals surface area contributed by atoms with Gasteiger partial charge in [-0.3, -0.25) is 4.90 Å². The first-order chi connectivity index (χ1) is 11.3. The van der Waals surface area contributed by atoms with Crippen molar-refractivity contribution < 1.29 is 4.74 Å². The molecule has 0 unspecified atom stereocenters. The van der Waals surface area contributed by atoms with E-state index in [1.165, 1.54) is 29.3 Å². The van der Waals surface area contributed by atoms with Gasteiger partial charge in [-0.15, -0.1) is 0 Å². The Morgan fingerprint density at radius 1 is 1.13 bits per heavy atom. The third kappa shape index (κ3) is 2.91. The molecule has 0 saturated carbocycles. The number of rotatable bonds is 3. The first-order valence-electron chi connectivity index (χ1n) is 8.91. The van der Waals surface area contributed by atoms with Crippen molar-refractivity contribution in [3.05, 3.63) is 36.0 Å². The number of nitrogens with one attached hydrogen (secondary N) is 1. The van der Waals surface area contributed by atoms with Gasteiger partial charge in [-0.25, -0.2) is 0 Å². The largest absolute Gasteiger partial charge is 0.381 e. The highest BCUT2D eigenvalue weighted by atomic mass is 16.5. The van der Waals surface area contributed by atoms with Crippen molar-refractivity contribution in [2.45, 2.75) is 18.9 Å². The number of nitrogens with zero attached hydrogens (tertiary/aromatic N) is 2. The minimum absolute atomic E-state index is 0.520. The van der Waals surface area contributed by atoms with Crippen LogP contribution in [-0.4, -0.2) is 48.9 Å². The van der Waals surface area contributed by atoms with Crippen LogP contribution in [0.4, 0.5) is 0 Å². The summed E-state index contributed by atoms with van der Waals surface area (Å²) in [6.07, 6.45) is 4.72. The molecule has 124 valence electrons. The number of hydrogen-bond acceptors (Lipinski definition) is 3. The summed E-state index contributed by atoms with van der Waals surface area (Å²) < 4.78 is 7.92. The summed E-state index contributed by atoms with van der Waals surface area (Å²) in [5, 5.41) is 4.92. The number of aromatic nitrogens is 1. The molecule has 4 nitrogen and oxygen atoms in total. The van der Waals surface area contributed by atoms with E-state index in [1.807, 2.05) is 0 Å². The number of piperazine rings is 1. The molecule has 0 bridgehead atoms. The van der Waals surface area contributed by atoms with Crippen molar-refractivity contribution in [3.8, 4) is 0 Å². The van der Waals surface area contributed by atoms with Gasteiger partial charge in [0.15, 0.2) is 0 Å². The van der Waals surface area contributed by atoms with E-state index < -0.39 is 0 Å². The molecule has 2 aliphatic heterocycles. The lowest BCUT2D eigenvalue weighted by molar-refractivity contribution is 0.0217. The predicted octanol–water partition coefficient (Wildman–Crippen LogP) is 2.55. The van der Waals surface area contributed by atoms with Gasteiger partial charge in [-0.1, -0.05) is 18.2 Å². The monoisotopic (exact) mass is 313 g/mol. The normalized spacial score (nSPS) is 22.5. The molecule has 23 heavy (non-hydrogen) atoms. The Labute approximate surface area is 138 Å². The summed E-state index contributed by atoms with van der Waals surface area (Å²) in [6, 6.07) is 9.36. The highest BCUT2D eigenvalue weighted by molar-refractivity contribution is 5.84. The second-order valence-corrected chi connectivity index (χ2v) is 6.89. The Bertz CT molecular complexity index is 636. The molecule has 1 atom stereocenters. The molecule has 3 heterocycles. The number of aryl methyl sites for hydroxylation is 1. The molecular formula is C19H27N3O. The van der Waals surface area contributed by atoms with Gasteiger partial charge in [0.2, 0.25) is 0 Å². The van der Waals surface area contributed by atoms with Crippen LogP contribution in [0.2, 0.25) is 0 Å². The van der Waals surface area contributed by atoms with Gasteiger partial charge in [0.1, 0.15) is 0 Å². The van der Waals surface area contributed by atoms with E-state index in [4.69, 9.17) is 4.74 Å². The van der Waals surface area contributed by atoms with Gasteiger partial charge in [0.25, 0.3) is 0 Å². The van der Waals surface area contributed by atoms with Crippen molar-refractivity contribution in [2.75, 3.05) is 39.4 Å². The Morgan fingerprint density at radius 3 is 2.65 bits per heavy atom. The van der Waals surface area contributed by atoms with E-state index in [9.17, 15) is 0 Å². The van der Waals surface area contributed by atoms with Gasteiger partial charge in [-0.05, 0) is 30.4 Å². The minimum atomic E-state index is 0.520. The zero-order chi connectivity index (χ0) is 15.6. The minimum Gasteiger partial charge on any atom is -0.381 e. The number of ether oxygens (including phenoxy) is 1. The van der Waals surface area contributed by atoms with Crippen molar-refractivity contribution in [1.29, 1.82) is 0 Å². The maximum atomic E-state index is 5.63. The number of benzene rings is 1. The molecule has 0 radical (unpaired) electrons. The SMILES string of the molecule is Cn1cc([C@@H](C2CCOCC2)N2CCNCC2)c2ccccc21. The van der Waals surface area contributed by atoms with Gasteiger partial charge < -0.3 is 14.6 Å². The van der Waals surface area contributed by atoms with Crippen molar-refractivity contribution >= 4 is 10.9 Å². The van der Waals surface area contributed by atoms with Gasteiger partial charge in [0, 0.05) is 69.6 Å². The van der Waals surface area contributed by atoms with E-state index >= 15 is 0 Å². The number of hydrogen-bond donors (Lipinski definition) is 1. The van der Waals surface area contributed by atoms with E-state index in [1.54, 1.807) is 0 Å². The van der Waals surface area contributed by atoms with Gasteiger partial charge >= 0.3 is 0 Å². The quantitative estimate of drug-likeness (QED) is 0.944. The first-order valence-corrected chi connectivity index (χ1v) is 8.91. The van der Waals surface area contributed by atoms with E-state index in [0.717, 1.165) is 39.4 Å². The van der Waals surface area contributed by atoms with Crippen LogP contribution in [0.5, 0.6) is 0 Å². The molecule has 1 N–H and O–H groups in total. The third-order valence-electron chi connectivity index (χ3n) is 5.50. The maximum Gasteiger partial charge on any atom is 0.0481 e. The maximum absolute atomic E-state index is 5.63. The van der Waals surface area contributed by atoms with E-state index in [2.05, 4.69) is 52.3 Å². The van der Waals surface area contributed by atoms with Crippen LogP contribution in [0.1, 0.15) is 24.4 Å². The molecule has 1 aromatic carbocycles. The lowest BCUT2D eigenvalue weighted by atomic mass is 9.85. The fraction of sp³-hybridized carbons (Fsp3) is 0.579. The molecule has 2 fully saturated rings. The molecule has 4 rings (SSSR count). The zero-order valence-corrected chi connectivity index (χ0v) is 14.0. The summed E-state index contributed by atoms with van der Waals surface area (Å²) in [7, 11) is 2.17. The fourth-order valence-electron chi connectivity index (χ4n) is 4.35. The van der Waals surface area contributed by atoms with Crippen LogP contribution < -0.4 is 5.32 Å². The second-order valence-electron chi connectivity index (χ2n) is 6.89. The fourth-order valence-corrected chi connectivity index (χ4v) is 4.35. The molecule has 0 aliphatic carbocycles. The average molecular weight is 313 g/mol. The van der Waals surface area contributed by atoms with Crippen LogP contribution in [0, 0.1) is 5.92 Å². The Kier molecular flexibility index (Phi) is 4.38. The Morgan fingerprint density at radius 2 is 1.87 bits per heavy atom. The summed E-state index contributed by atoms with van der Waals surface area (Å²) in [5.74, 6) is 0.702. The average Bonchev–Trinajstić information content (AvgIpc) is 2.94. The Hall–Kier alpha value is -1.36. The predicted molar refractivity (Wildman–Crippen MR) is 93.6 cm³/mol. The lowest BCUT2D eigenvalue weighted by Crippen LogP contribution is -2.47. The molecule has 4 heteroatoms. The second kappa shape index (κ2) is 6.63. The molecule has 0 spiro atoms. The van der Waals surface area contributed by atoms with Crippen molar-refractivity contribution in [1.82, 2.24) is 14.8 Å². The van der Waals surface area contributed by atoms with Crippen LogP contribution >= 0.6 is 0 Å². The summed E-state index contributed by atoms with van der Waals surface area (Å²) in [6.45, 7) is 6.32. The highest BCUT2D eigenvalue weighted by Gasteiger charge is 2.33. The topological polar surface area (TPSA) is 29.4 Å². The molecule has 2 saturated heterocycles. The molecule has 1 aromatic heterocycles. The smallest absolute Gasteiger partial charge is 0.0481 e. The Balaban J connectivity index is 1.76. The standard InChI is InChI=1S/C19H27N3O/c1-21-14-17(16-4-2-3-5-18(16)21)19(15-6-12-23-13-7-15)22-10-8-20-9-11-22/h2-5,14-15,19-20H,6-13H2,1H3/t19-/m1/s1. The van der Waals surface area contributed by atoms with Gasteiger partial charge in [0.05, 0.1) is 0 Å². The number of fused-ring (bicyclic) bond motifs is 1. The third-order valence-corrected chi connectivity index (χ3v) is 5.50. The molecule has 0 amide bonds. The van der Waals surface area contributed by atoms with Crippen molar-refractivity contribution in [2.24, 2.45) is 13.0 Å². The van der Waals surface area contributed by atoms with Crippen LogP contribution in [-0.2, 0) is 11.8 Å². The summed E-state index contributed by atoms with van der Waals surface area (Å²) in [5.41, 5.74) is 2.85. The summed E-state index contributed by atoms with van der Waals surface area (Å²) >= 11 is 0. The first kappa shape index (κ1) is 15.2. The molecule has 2 aliphatic rings. The van der Waals surface area contributed by atoms with Crippen LogP contribution in [0.15, 0.2) is 30.5 Å². The van der Waals surface area contributed by atoms with Crippen molar-refractivity contribution in [3.63, 3.8) is 0 Å². The van der Waals surface area contributed by atoms with E-state index in [-0.39, 0.29) is 0 Å². The van der Waals surface area contributed by atoms with Crippen LogP contribution in [0.25, 0.3) is 10.9 Å². The van der Waals surface area contributed by atoms with Crippen LogP contribution in [0.3, 0.4) is 0 Å². The molecular weight excluding hydrogens is 286 g/mol. The summed E-state index contributed by atoms with van der Waals surface area (Å²) in [4.78, 5) is 2.70. The van der Waals surface area contributed by atoms with Gasteiger partial charge in [-0.2, -0.15) is 0 Å².